The lowest BCUT2D eigenvalue weighted by atomic mass is 10.1. The zero-order chi connectivity index (χ0) is 23.5. The second-order valence-corrected chi connectivity index (χ2v) is 7.39. The smallest absolute Gasteiger partial charge is 0.321 e. The summed E-state index contributed by atoms with van der Waals surface area (Å²) in [4.78, 5) is 25.8. The number of nitrogens with one attached hydrogen (secondary N) is 1. The minimum atomic E-state index is -1.00. The molecule has 0 bridgehead atoms. The molecule has 4 rings (SSSR count). The van der Waals surface area contributed by atoms with Crippen molar-refractivity contribution in [1.29, 1.82) is 5.41 Å². The molecule has 0 spiro atoms. The summed E-state index contributed by atoms with van der Waals surface area (Å²) in [5, 5.41) is 24.7. The Kier molecular flexibility index (Phi) is 5.94. The number of hydrogen-bond donors (Lipinski definition) is 3. The predicted molar refractivity (Wildman–Crippen MR) is 117 cm³/mol. The molecule has 0 fully saturated rings. The highest BCUT2D eigenvalue weighted by atomic mass is 16.5. The normalized spacial score (nSPS) is 12.5. The number of aliphatic carboxylic acids is 1. The van der Waals surface area contributed by atoms with E-state index >= 15 is 0 Å². The van der Waals surface area contributed by atoms with E-state index < -0.39 is 5.97 Å². The van der Waals surface area contributed by atoms with Gasteiger partial charge in [-0.1, -0.05) is 29.4 Å². The Labute approximate surface area is 188 Å². The fourth-order valence-corrected chi connectivity index (χ4v) is 3.52. The van der Waals surface area contributed by atoms with Crippen molar-refractivity contribution < 1.29 is 24.2 Å². The van der Waals surface area contributed by atoms with E-state index in [1.807, 2.05) is 12.1 Å². The number of benzene rings is 2. The number of amidine groups is 1. The number of carbonyl (C=O) groups is 2. The van der Waals surface area contributed by atoms with Gasteiger partial charge in [-0.3, -0.25) is 15.0 Å². The maximum atomic E-state index is 13.3. The molecule has 1 aliphatic rings. The van der Waals surface area contributed by atoms with Gasteiger partial charge in [0.05, 0.1) is 31.3 Å². The van der Waals surface area contributed by atoms with Crippen molar-refractivity contribution in [3.8, 4) is 17.4 Å². The molecular weight excluding hydrogens is 428 g/mol. The van der Waals surface area contributed by atoms with Crippen LogP contribution in [0, 0.1) is 5.41 Å². The second-order valence-electron chi connectivity index (χ2n) is 7.39. The zero-order valence-electron chi connectivity index (χ0n) is 17.8. The quantitative estimate of drug-likeness (QED) is 0.345. The molecule has 170 valence electrons. The van der Waals surface area contributed by atoms with E-state index in [0.29, 0.717) is 28.4 Å². The third-order valence-corrected chi connectivity index (χ3v) is 5.21. The van der Waals surface area contributed by atoms with Crippen molar-refractivity contribution in [1.82, 2.24) is 19.7 Å². The Morgan fingerprint density at radius 3 is 2.64 bits per heavy atom. The number of ether oxygens (including phenoxy) is 2. The number of nitrogens with two attached hydrogens (primary N) is 1. The number of fused-ring (bicyclic) bond motifs is 3. The van der Waals surface area contributed by atoms with Gasteiger partial charge >= 0.3 is 12.0 Å². The largest absolute Gasteiger partial charge is 0.489 e. The highest BCUT2D eigenvalue weighted by Crippen LogP contribution is 2.30. The molecule has 0 unspecified atom stereocenters. The summed E-state index contributed by atoms with van der Waals surface area (Å²) in [7, 11) is 1.46. The highest BCUT2D eigenvalue weighted by molar-refractivity contribution is 5.99. The van der Waals surface area contributed by atoms with E-state index in [9.17, 15) is 9.59 Å². The van der Waals surface area contributed by atoms with Gasteiger partial charge in [-0.15, -0.1) is 5.10 Å². The van der Waals surface area contributed by atoms with Crippen LogP contribution in [0.1, 0.15) is 33.7 Å². The molecule has 2 aromatic carbocycles. The van der Waals surface area contributed by atoms with Crippen LogP contribution in [0.2, 0.25) is 0 Å². The Morgan fingerprint density at radius 1 is 1.21 bits per heavy atom. The highest BCUT2D eigenvalue weighted by Gasteiger charge is 2.30. The Balaban J connectivity index is 1.64. The Bertz CT molecular complexity index is 1220. The number of aromatic nitrogens is 3. The van der Waals surface area contributed by atoms with Crippen LogP contribution >= 0.6 is 0 Å². The van der Waals surface area contributed by atoms with Crippen LogP contribution in [0.5, 0.6) is 11.8 Å². The third kappa shape index (κ3) is 4.47. The zero-order valence-corrected chi connectivity index (χ0v) is 17.8. The van der Waals surface area contributed by atoms with Crippen LogP contribution in [0.15, 0.2) is 42.5 Å². The second kappa shape index (κ2) is 8.99. The summed E-state index contributed by atoms with van der Waals surface area (Å²) in [5.41, 5.74) is 7.81. The first kappa shape index (κ1) is 21.8. The molecule has 2 heterocycles. The number of carbonyl (C=O) groups excluding carboxylic acids is 1. The molecular formula is C22H22N6O5. The summed E-state index contributed by atoms with van der Waals surface area (Å²) in [6.45, 7) is 0.362. The molecule has 1 amide bonds. The van der Waals surface area contributed by atoms with Gasteiger partial charge in [0.15, 0.2) is 5.82 Å². The van der Waals surface area contributed by atoms with Gasteiger partial charge < -0.3 is 25.2 Å². The summed E-state index contributed by atoms with van der Waals surface area (Å²) in [6, 6.07) is 12.4. The molecule has 0 saturated carbocycles. The molecule has 0 aliphatic carbocycles. The minimum Gasteiger partial charge on any atom is -0.489 e. The molecule has 3 aromatic rings. The number of carboxylic acid groups (broad SMARTS) is 1. The van der Waals surface area contributed by atoms with Gasteiger partial charge in [-0.05, 0) is 23.8 Å². The van der Waals surface area contributed by atoms with Crippen LogP contribution < -0.4 is 15.2 Å². The summed E-state index contributed by atoms with van der Waals surface area (Å²) < 4.78 is 12.8. The number of amides is 1. The van der Waals surface area contributed by atoms with Crippen LogP contribution in [0.25, 0.3) is 5.69 Å². The number of methoxy groups -OCH3 is 1. The maximum absolute atomic E-state index is 13.3. The Morgan fingerprint density at radius 2 is 1.97 bits per heavy atom. The molecule has 33 heavy (non-hydrogen) atoms. The molecule has 0 atom stereocenters. The predicted octanol–water partition coefficient (Wildman–Crippen LogP) is 1.57. The molecule has 4 N–H and O–H groups in total. The van der Waals surface area contributed by atoms with Crippen LogP contribution in [0.4, 0.5) is 0 Å². The van der Waals surface area contributed by atoms with Crippen LogP contribution in [-0.2, 0) is 17.9 Å². The number of carboxylic acids is 1. The van der Waals surface area contributed by atoms with E-state index in [0.717, 1.165) is 5.56 Å². The van der Waals surface area contributed by atoms with E-state index in [1.54, 1.807) is 34.9 Å². The van der Waals surface area contributed by atoms with Gasteiger partial charge in [0, 0.05) is 12.1 Å². The number of rotatable bonds is 8. The van der Waals surface area contributed by atoms with Crippen molar-refractivity contribution in [3.63, 3.8) is 0 Å². The van der Waals surface area contributed by atoms with Gasteiger partial charge in [-0.2, -0.15) is 0 Å². The van der Waals surface area contributed by atoms with Gasteiger partial charge in [-0.25, -0.2) is 4.57 Å². The first-order valence-electron chi connectivity index (χ1n) is 10.1. The molecule has 11 heteroatoms. The summed E-state index contributed by atoms with van der Waals surface area (Å²) in [5.74, 6) is -0.424. The van der Waals surface area contributed by atoms with E-state index in [1.165, 1.54) is 12.0 Å². The van der Waals surface area contributed by atoms with E-state index in [-0.39, 0.29) is 43.9 Å². The first-order chi connectivity index (χ1) is 15.9. The molecule has 0 radical (unpaired) electrons. The van der Waals surface area contributed by atoms with Gasteiger partial charge in [0.25, 0.3) is 5.91 Å². The molecule has 11 nitrogen and oxygen atoms in total. The first-order valence-corrected chi connectivity index (χ1v) is 10.1. The van der Waals surface area contributed by atoms with Gasteiger partial charge in [0.1, 0.15) is 18.2 Å². The lowest BCUT2D eigenvalue weighted by Crippen LogP contribution is -2.32. The number of nitrogen functional groups attached to an aromatic ring is 1. The fourth-order valence-electron chi connectivity index (χ4n) is 3.52. The van der Waals surface area contributed by atoms with Crippen molar-refractivity contribution in [2.45, 2.75) is 19.6 Å². The number of nitrogens with zero attached hydrogens (tertiary/aromatic N) is 4. The maximum Gasteiger partial charge on any atom is 0.321 e. The van der Waals surface area contributed by atoms with Crippen molar-refractivity contribution >= 4 is 17.7 Å². The van der Waals surface area contributed by atoms with Crippen molar-refractivity contribution in [2.24, 2.45) is 5.73 Å². The standard InChI is InChI=1S/C22H22N6O5/c1-32-22-26-25-18-11-27(9-8-19(29)30)21(31)16-10-15(6-7-17(16)28(18)22)33-12-13-2-4-14(5-3-13)20(23)24/h2-7,10H,8-9,11-12H2,1H3,(H3,23,24)(H,29,30). The fraction of sp³-hybridized carbons (Fsp3) is 0.227. The molecule has 1 aliphatic heterocycles. The average Bonchev–Trinajstić information content (AvgIpc) is 3.17. The topological polar surface area (TPSA) is 157 Å². The lowest BCUT2D eigenvalue weighted by Gasteiger charge is -2.19. The van der Waals surface area contributed by atoms with Crippen LogP contribution in [0.3, 0.4) is 0 Å². The summed E-state index contributed by atoms with van der Waals surface area (Å²) >= 11 is 0. The average molecular weight is 450 g/mol. The lowest BCUT2D eigenvalue weighted by molar-refractivity contribution is -0.137. The number of hydrogen-bond acceptors (Lipinski definition) is 7. The minimum absolute atomic E-state index is 0.0111. The van der Waals surface area contributed by atoms with Crippen molar-refractivity contribution in [3.05, 3.63) is 65.0 Å². The van der Waals surface area contributed by atoms with E-state index in [2.05, 4.69) is 10.2 Å². The van der Waals surface area contributed by atoms with Crippen LogP contribution in [-0.4, -0.2) is 56.1 Å². The molecule has 1 aromatic heterocycles. The van der Waals surface area contributed by atoms with E-state index in [4.69, 9.17) is 25.7 Å². The van der Waals surface area contributed by atoms with Gasteiger partial charge in [0.2, 0.25) is 0 Å². The molecule has 0 saturated heterocycles. The summed E-state index contributed by atoms with van der Waals surface area (Å²) in [6.07, 6.45) is -0.196. The SMILES string of the molecule is COc1nnc2n1-c1ccc(OCc3ccc(C(=N)N)cc3)cc1C(=O)N(CCC(=O)O)C2. The van der Waals surface area contributed by atoms with Crippen molar-refractivity contribution in [2.75, 3.05) is 13.7 Å². The Hall–Kier alpha value is -4.41. The monoisotopic (exact) mass is 450 g/mol. The third-order valence-electron chi connectivity index (χ3n) is 5.21.